The van der Waals surface area contributed by atoms with Crippen LogP contribution in [0, 0.1) is 5.92 Å². The molecule has 3 rings (SSSR count). The molecular weight excluding hydrogens is 290 g/mol. The number of piperazine rings is 1. The van der Waals surface area contributed by atoms with Crippen LogP contribution in [-0.2, 0) is 9.59 Å². The number of hydrogen-bond acceptors (Lipinski definition) is 3. The highest BCUT2D eigenvalue weighted by molar-refractivity contribution is 5.91. The zero-order chi connectivity index (χ0) is 14.3. The molecule has 3 aliphatic rings. The van der Waals surface area contributed by atoms with Crippen LogP contribution in [0.4, 0.5) is 0 Å². The Hall–Kier alpha value is -0.810. The molecule has 0 spiro atoms. The van der Waals surface area contributed by atoms with Gasteiger partial charge in [0.25, 0.3) is 0 Å². The number of halogens is 1. The molecule has 0 aromatic carbocycles. The molecular formula is C15H26ClN3O2. The molecule has 3 fully saturated rings. The molecule has 2 atom stereocenters. The first kappa shape index (κ1) is 16.6. The van der Waals surface area contributed by atoms with E-state index in [-0.39, 0.29) is 24.2 Å². The molecule has 0 aromatic rings. The third-order valence-corrected chi connectivity index (χ3v) is 5.19. The van der Waals surface area contributed by atoms with Gasteiger partial charge in [-0.15, -0.1) is 12.4 Å². The van der Waals surface area contributed by atoms with Crippen LogP contribution in [0.3, 0.4) is 0 Å². The minimum atomic E-state index is -0.707. The lowest BCUT2D eigenvalue weighted by molar-refractivity contribution is -0.150. The standard InChI is InChI=1S/C15H25N3O2.ClH/c1-15(2)14(20)16-5-6-18(15)13(19)9-10-7-11-3-4-12(8-10)17-11;/h10-12,17H,3-9H2,1-2H3,(H,16,20);1H. The quantitative estimate of drug-likeness (QED) is 0.801. The minimum absolute atomic E-state index is 0. The van der Waals surface area contributed by atoms with Crippen molar-refractivity contribution in [3.8, 4) is 0 Å². The van der Waals surface area contributed by atoms with Gasteiger partial charge in [0.1, 0.15) is 5.54 Å². The van der Waals surface area contributed by atoms with Crippen molar-refractivity contribution in [1.82, 2.24) is 15.5 Å². The van der Waals surface area contributed by atoms with Crippen LogP contribution in [0.25, 0.3) is 0 Å². The molecule has 2 N–H and O–H groups in total. The van der Waals surface area contributed by atoms with E-state index in [0.29, 0.717) is 37.5 Å². The fraction of sp³-hybridized carbons (Fsp3) is 0.867. The second kappa shape index (κ2) is 6.13. The van der Waals surface area contributed by atoms with Gasteiger partial charge in [0.2, 0.25) is 11.8 Å². The number of carbonyl (C=O) groups is 2. The summed E-state index contributed by atoms with van der Waals surface area (Å²) in [5.74, 6) is 0.598. The first-order valence-electron chi connectivity index (χ1n) is 7.81. The summed E-state index contributed by atoms with van der Waals surface area (Å²) in [4.78, 5) is 26.3. The summed E-state index contributed by atoms with van der Waals surface area (Å²) in [6.45, 7) is 4.89. The van der Waals surface area contributed by atoms with Gasteiger partial charge in [-0.1, -0.05) is 0 Å². The Morgan fingerprint density at radius 1 is 1.29 bits per heavy atom. The number of nitrogens with zero attached hydrogens (tertiary/aromatic N) is 1. The second-order valence-electron chi connectivity index (χ2n) is 7.04. The number of piperidine rings is 1. The van der Waals surface area contributed by atoms with Gasteiger partial charge in [-0.3, -0.25) is 9.59 Å². The number of nitrogens with one attached hydrogen (secondary N) is 2. The molecule has 2 amide bonds. The van der Waals surface area contributed by atoms with Gasteiger partial charge in [-0.05, 0) is 45.4 Å². The van der Waals surface area contributed by atoms with E-state index in [1.165, 1.54) is 12.8 Å². The van der Waals surface area contributed by atoms with Gasteiger partial charge >= 0.3 is 0 Å². The lowest BCUT2D eigenvalue weighted by Gasteiger charge is -2.42. The van der Waals surface area contributed by atoms with Crippen molar-refractivity contribution in [2.45, 2.75) is 63.6 Å². The number of fused-ring (bicyclic) bond motifs is 2. The van der Waals surface area contributed by atoms with Crippen molar-refractivity contribution in [2.75, 3.05) is 13.1 Å². The van der Waals surface area contributed by atoms with E-state index in [9.17, 15) is 9.59 Å². The third kappa shape index (κ3) is 3.19. The van der Waals surface area contributed by atoms with E-state index in [1.807, 2.05) is 13.8 Å². The smallest absolute Gasteiger partial charge is 0.245 e. The van der Waals surface area contributed by atoms with Crippen LogP contribution in [0.15, 0.2) is 0 Å². The first-order chi connectivity index (χ1) is 9.46. The highest BCUT2D eigenvalue weighted by atomic mass is 35.5. The number of hydrogen-bond donors (Lipinski definition) is 2. The molecule has 120 valence electrons. The number of rotatable bonds is 2. The van der Waals surface area contributed by atoms with Crippen LogP contribution in [0.5, 0.6) is 0 Å². The normalized spacial score (nSPS) is 34.1. The van der Waals surface area contributed by atoms with E-state index < -0.39 is 5.54 Å². The Kier molecular flexibility index (Phi) is 4.83. The van der Waals surface area contributed by atoms with Crippen molar-refractivity contribution in [2.24, 2.45) is 5.92 Å². The molecule has 3 aliphatic heterocycles. The van der Waals surface area contributed by atoms with Crippen LogP contribution in [0.2, 0.25) is 0 Å². The summed E-state index contributed by atoms with van der Waals surface area (Å²) in [5, 5.41) is 6.45. The van der Waals surface area contributed by atoms with Crippen molar-refractivity contribution in [1.29, 1.82) is 0 Å². The van der Waals surface area contributed by atoms with Gasteiger partial charge in [-0.25, -0.2) is 0 Å². The van der Waals surface area contributed by atoms with Gasteiger partial charge < -0.3 is 15.5 Å². The van der Waals surface area contributed by atoms with Gasteiger partial charge in [0, 0.05) is 31.6 Å². The first-order valence-corrected chi connectivity index (χ1v) is 7.81. The van der Waals surface area contributed by atoms with Crippen LogP contribution < -0.4 is 10.6 Å². The Morgan fingerprint density at radius 2 is 1.90 bits per heavy atom. The fourth-order valence-electron chi connectivity index (χ4n) is 4.04. The topological polar surface area (TPSA) is 61.4 Å². The molecule has 0 radical (unpaired) electrons. The van der Waals surface area contributed by atoms with E-state index in [0.717, 1.165) is 12.8 Å². The van der Waals surface area contributed by atoms with Crippen molar-refractivity contribution in [3.63, 3.8) is 0 Å². The maximum atomic E-state index is 12.6. The highest BCUT2D eigenvalue weighted by Gasteiger charge is 2.42. The van der Waals surface area contributed by atoms with Crippen LogP contribution >= 0.6 is 12.4 Å². The SMILES string of the molecule is CC1(C)C(=O)NCCN1C(=O)CC1CC2CCC(C1)N2.Cl. The second-order valence-corrected chi connectivity index (χ2v) is 7.04. The zero-order valence-corrected chi connectivity index (χ0v) is 13.7. The minimum Gasteiger partial charge on any atom is -0.352 e. The molecule has 3 heterocycles. The Balaban J connectivity index is 0.00000161. The molecule has 21 heavy (non-hydrogen) atoms. The molecule has 3 saturated heterocycles. The monoisotopic (exact) mass is 315 g/mol. The Morgan fingerprint density at radius 3 is 2.52 bits per heavy atom. The van der Waals surface area contributed by atoms with Crippen molar-refractivity contribution >= 4 is 24.2 Å². The number of amides is 2. The maximum Gasteiger partial charge on any atom is 0.245 e. The van der Waals surface area contributed by atoms with E-state index >= 15 is 0 Å². The molecule has 2 unspecified atom stereocenters. The maximum absolute atomic E-state index is 12.6. The predicted octanol–water partition coefficient (Wildman–Crippen LogP) is 1.07. The lowest BCUT2D eigenvalue weighted by Crippen LogP contribution is -2.63. The van der Waals surface area contributed by atoms with E-state index in [2.05, 4.69) is 10.6 Å². The summed E-state index contributed by atoms with van der Waals surface area (Å²) < 4.78 is 0. The summed E-state index contributed by atoms with van der Waals surface area (Å²) in [6, 6.07) is 1.23. The van der Waals surface area contributed by atoms with Crippen LogP contribution in [-0.4, -0.2) is 47.4 Å². The Bertz CT molecular complexity index is 415. The molecule has 0 aliphatic carbocycles. The number of carbonyl (C=O) groups excluding carboxylic acids is 2. The fourth-order valence-corrected chi connectivity index (χ4v) is 4.04. The summed E-state index contributed by atoms with van der Waals surface area (Å²) in [6.07, 6.45) is 5.34. The lowest BCUT2D eigenvalue weighted by atomic mass is 9.88. The highest BCUT2D eigenvalue weighted by Crippen LogP contribution is 2.33. The average molecular weight is 316 g/mol. The third-order valence-electron chi connectivity index (χ3n) is 5.19. The van der Waals surface area contributed by atoms with Crippen molar-refractivity contribution < 1.29 is 9.59 Å². The van der Waals surface area contributed by atoms with E-state index in [4.69, 9.17) is 0 Å². The molecule has 0 aromatic heterocycles. The average Bonchev–Trinajstić information content (AvgIpc) is 2.72. The van der Waals surface area contributed by atoms with Crippen LogP contribution in [0.1, 0.15) is 46.0 Å². The van der Waals surface area contributed by atoms with Gasteiger partial charge in [0.15, 0.2) is 0 Å². The molecule has 6 heteroatoms. The summed E-state index contributed by atoms with van der Waals surface area (Å²) in [7, 11) is 0. The Labute approximate surface area is 132 Å². The summed E-state index contributed by atoms with van der Waals surface area (Å²) >= 11 is 0. The molecule has 2 bridgehead atoms. The van der Waals surface area contributed by atoms with Gasteiger partial charge in [-0.2, -0.15) is 0 Å². The van der Waals surface area contributed by atoms with Crippen molar-refractivity contribution in [3.05, 3.63) is 0 Å². The molecule has 0 saturated carbocycles. The molecule has 5 nitrogen and oxygen atoms in total. The summed E-state index contributed by atoms with van der Waals surface area (Å²) in [5.41, 5.74) is -0.707. The predicted molar refractivity (Wildman–Crippen MR) is 83.3 cm³/mol. The van der Waals surface area contributed by atoms with E-state index in [1.54, 1.807) is 4.90 Å². The van der Waals surface area contributed by atoms with Gasteiger partial charge in [0.05, 0.1) is 0 Å². The zero-order valence-electron chi connectivity index (χ0n) is 12.9. The largest absolute Gasteiger partial charge is 0.352 e.